The lowest BCUT2D eigenvalue weighted by atomic mass is 10.00. The standard InChI is InChI=1S/C48H72N2/c1-4-7-9-10-11-12-13-14-15-16-17-18-19-20-21-22-23-24-25-26-27-28-29-30-34-44-35-31-32-36-46(44)47-41-43(6-3)48(50(47)49)45-39-37-42(38-40-45)33-8-5-2/h31-32,35-41H,4-27,30,33-34H2,1-3H3. The predicted molar refractivity (Wildman–Crippen MR) is 219 cm³/mol. The van der Waals surface area contributed by atoms with Crippen LogP contribution < -0.4 is 0 Å². The molecule has 2 aromatic carbocycles. The van der Waals surface area contributed by atoms with Crippen molar-refractivity contribution in [3.63, 3.8) is 0 Å². The van der Waals surface area contributed by atoms with Gasteiger partial charge in [0.2, 0.25) is 11.4 Å². The maximum absolute atomic E-state index is 11.4. The highest BCUT2D eigenvalue weighted by Crippen LogP contribution is 2.37. The van der Waals surface area contributed by atoms with Crippen molar-refractivity contribution in [3.05, 3.63) is 88.0 Å². The highest BCUT2D eigenvalue weighted by Gasteiger charge is 2.29. The van der Waals surface area contributed by atoms with Gasteiger partial charge in [0.25, 0.3) is 0 Å². The average Bonchev–Trinajstić information content (AvgIpc) is 3.48. The van der Waals surface area contributed by atoms with Crippen molar-refractivity contribution in [2.45, 2.75) is 194 Å². The van der Waals surface area contributed by atoms with Gasteiger partial charge >= 0.3 is 0 Å². The number of allylic oxidation sites excluding steroid dienone is 2. The molecular formula is C48H72N2. The van der Waals surface area contributed by atoms with E-state index in [1.54, 1.807) is 0 Å². The van der Waals surface area contributed by atoms with Gasteiger partial charge in [0, 0.05) is 35.6 Å². The van der Waals surface area contributed by atoms with Gasteiger partial charge in [0.15, 0.2) is 0 Å². The average molecular weight is 677 g/mol. The number of unbranched alkanes of at least 4 members (excludes halogenated alkanes) is 21. The summed E-state index contributed by atoms with van der Waals surface area (Å²) in [7, 11) is 0. The van der Waals surface area contributed by atoms with Crippen LogP contribution in [-0.4, -0.2) is 4.70 Å². The Morgan fingerprint density at radius 2 is 1.02 bits per heavy atom. The van der Waals surface area contributed by atoms with Crippen molar-refractivity contribution < 1.29 is 4.70 Å². The summed E-state index contributed by atoms with van der Waals surface area (Å²) >= 11 is 0. The quantitative estimate of drug-likeness (QED) is 0.0487. The molecule has 1 aliphatic rings. The van der Waals surface area contributed by atoms with Crippen molar-refractivity contribution in [1.29, 1.82) is 0 Å². The van der Waals surface area contributed by atoms with Crippen LogP contribution in [0.25, 0.3) is 16.9 Å². The fourth-order valence-corrected chi connectivity index (χ4v) is 7.36. The number of nitrogens with zero attached hydrogens (tertiary/aromatic N) is 2. The Balaban J connectivity index is 1.23. The molecule has 0 amide bonds. The topological polar surface area (TPSA) is 25.3 Å². The fraction of sp³-hybridized carbons (Fsp3) is 0.625. The number of hydrogen-bond acceptors (Lipinski definition) is 0. The van der Waals surface area contributed by atoms with Crippen LogP contribution in [0.3, 0.4) is 0 Å². The van der Waals surface area contributed by atoms with Crippen molar-refractivity contribution in [2.75, 3.05) is 0 Å². The van der Waals surface area contributed by atoms with Gasteiger partial charge in [-0.15, -0.1) is 11.8 Å². The third-order valence-corrected chi connectivity index (χ3v) is 10.6. The highest BCUT2D eigenvalue weighted by molar-refractivity contribution is 5.79. The van der Waals surface area contributed by atoms with Gasteiger partial charge in [-0.3, -0.25) is 0 Å². The van der Waals surface area contributed by atoms with Crippen LogP contribution in [0, 0.1) is 11.8 Å². The molecule has 3 rings (SSSR count). The van der Waals surface area contributed by atoms with Gasteiger partial charge in [-0.2, -0.15) is 0 Å². The zero-order chi connectivity index (χ0) is 35.5. The van der Waals surface area contributed by atoms with E-state index in [9.17, 15) is 5.53 Å². The third-order valence-electron chi connectivity index (χ3n) is 10.6. The molecule has 2 nitrogen and oxygen atoms in total. The van der Waals surface area contributed by atoms with E-state index in [1.807, 2.05) is 0 Å². The summed E-state index contributed by atoms with van der Waals surface area (Å²) in [6.45, 7) is 6.70. The smallest absolute Gasteiger partial charge is 0.210 e. The lowest BCUT2D eigenvalue weighted by Crippen LogP contribution is -2.04. The zero-order valence-electron chi connectivity index (χ0n) is 32.7. The van der Waals surface area contributed by atoms with Crippen molar-refractivity contribution in [1.82, 2.24) is 0 Å². The van der Waals surface area contributed by atoms with Crippen molar-refractivity contribution in [3.8, 4) is 11.8 Å². The van der Waals surface area contributed by atoms with Gasteiger partial charge in [-0.25, -0.2) is 4.70 Å². The van der Waals surface area contributed by atoms with E-state index in [0.717, 1.165) is 54.6 Å². The minimum absolute atomic E-state index is 0.856. The van der Waals surface area contributed by atoms with Gasteiger partial charge < -0.3 is 5.53 Å². The number of benzene rings is 2. The van der Waals surface area contributed by atoms with E-state index in [4.69, 9.17) is 0 Å². The second kappa shape index (κ2) is 26.8. The van der Waals surface area contributed by atoms with Crippen molar-refractivity contribution >= 4 is 11.4 Å². The minimum atomic E-state index is 0.856. The Labute approximate surface area is 309 Å². The molecular weight excluding hydrogens is 605 g/mol. The molecule has 0 N–H and O–H groups in total. The van der Waals surface area contributed by atoms with Crippen LogP contribution in [-0.2, 0) is 12.8 Å². The highest BCUT2D eigenvalue weighted by atomic mass is 15.2. The Hall–Kier alpha value is -2.92. The summed E-state index contributed by atoms with van der Waals surface area (Å²) in [5.41, 5.74) is 19.2. The first-order chi connectivity index (χ1) is 24.7. The first kappa shape index (κ1) is 41.5. The molecule has 0 spiro atoms. The Morgan fingerprint density at radius 3 is 1.56 bits per heavy atom. The maximum atomic E-state index is 11.4. The Morgan fingerprint density at radius 1 is 0.520 bits per heavy atom. The summed E-state index contributed by atoms with van der Waals surface area (Å²) in [5, 5.41) is 0. The predicted octanol–water partition coefficient (Wildman–Crippen LogP) is 15.4. The molecule has 1 aliphatic heterocycles. The van der Waals surface area contributed by atoms with Gasteiger partial charge in [-0.05, 0) is 61.4 Å². The molecule has 1 heterocycles. The van der Waals surface area contributed by atoms with Crippen molar-refractivity contribution in [2.24, 2.45) is 0 Å². The summed E-state index contributed by atoms with van der Waals surface area (Å²) < 4.78 is 1.42. The summed E-state index contributed by atoms with van der Waals surface area (Å²) in [6.07, 6.45) is 37.7. The largest absolute Gasteiger partial charge is 0.493 e. The van der Waals surface area contributed by atoms with Crippen LogP contribution in [0.2, 0.25) is 0 Å². The molecule has 0 aliphatic carbocycles. The Bertz CT molecular complexity index is 1330. The van der Waals surface area contributed by atoms with Crippen LogP contribution in [0.4, 0.5) is 0 Å². The minimum Gasteiger partial charge on any atom is -0.493 e. The number of rotatable bonds is 28. The molecule has 274 valence electrons. The normalized spacial score (nSPS) is 12.8. The number of hydrogen-bond donors (Lipinski definition) is 0. The molecule has 50 heavy (non-hydrogen) atoms. The second-order valence-corrected chi connectivity index (χ2v) is 14.8. The summed E-state index contributed by atoms with van der Waals surface area (Å²) in [6, 6.07) is 17.3. The second-order valence-electron chi connectivity index (χ2n) is 14.8. The third kappa shape index (κ3) is 16.0. The summed E-state index contributed by atoms with van der Waals surface area (Å²) in [4.78, 5) is 0. The van der Waals surface area contributed by atoms with Crippen LogP contribution in [0.15, 0.2) is 60.2 Å². The van der Waals surface area contributed by atoms with E-state index in [2.05, 4.69) is 87.2 Å². The van der Waals surface area contributed by atoms with Crippen LogP contribution in [0.1, 0.15) is 204 Å². The van der Waals surface area contributed by atoms with E-state index in [0.29, 0.717) is 0 Å². The molecule has 0 atom stereocenters. The van der Waals surface area contributed by atoms with Gasteiger partial charge in [0.05, 0.1) is 0 Å². The molecule has 0 bridgehead atoms. The molecule has 2 aromatic rings. The monoisotopic (exact) mass is 677 g/mol. The molecule has 0 unspecified atom stereocenters. The SMILES string of the molecule is CCCCCCCCCCCCCCCCCCCCCCC#CCCc1ccccc1C1=CC(CC)=C(c2ccc(CCCC)cc2)[N+]1=[N-]. The van der Waals surface area contributed by atoms with E-state index >= 15 is 0 Å². The first-order valence-electron chi connectivity index (χ1n) is 21.3. The lowest BCUT2D eigenvalue weighted by molar-refractivity contribution is -0.344. The van der Waals surface area contributed by atoms with Crippen LogP contribution >= 0.6 is 0 Å². The summed E-state index contributed by atoms with van der Waals surface area (Å²) in [5.74, 6) is 6.88. The molecule has 0 radical (unpaired) electrons. The molecule has 0 saturated heterocycles. The molecule has 0 fully saturated rings. The van der Waals surface area contributed by atoms with E-state index in [1.165, 1.54) is 163 Å². The van der Waals surface area contributed by atoms with Gasteiger partial charge in [-0.1, -0.05) is 180 Å². The van der Waals surface area contributed by atoms with Gasteiger partial charge in [0.1, 0.15) is 0 Å². The molecule has 0 saturated carbocycles. The fourth-order valence-electron chi connectivity index (χ4n) is 7.36. The lowest BCUT2D eigenvalue weighted by Gasteiger charge is -2.12. The Kier molecular flexibility index (Phi) is 22.3. The molecule has 2 heteroatoms. The molecule has 0 aromatic heterocycles. The van der Waals surface area contributed by atoms with E-state index < -0.39 is 0 Å². The zero-order valence-corrected chi connectivity index (χ0v) is 32.7. The number of aryl methyl sites for hydroxylation is 2. The maximum Gasteiger partial charge on any atom is 0.210 e. The van der Waals surface area contributed by atoms with E-state index in [-0.39, 0.29) is 0 Å². The first-order valence-corrected chi connectivity index (χ1v) is 21.3. The van der Waals surface area contributed by atoms with Crippen LogP contribution in [0.5, 0.6) is 0 Å².